The molecule has 32 heavy (non-hydrogen) atoms. The van der Waals surface area contributed by atoms with Crippen LogP contribution in [0.1, 0.15) is 5.56 Å². The van der Waals surface area contributed by atoms with Crippen LogP contribution in [0, 0.1) is 6.92 Å². The predicted octanol–water partition coefficient (Wildman–Crippen LogP) is 4.25. The smallest absolute Gasteiger partial charge is 0.264 e. The maximum Gasteiger partial charge on any atom is 0.264 e. The van der Waals surface area contributed by atoms with E-state index in [-0.39, 0.29) is 4.90 Å². The average Bonchev–Trinajstić information content (AvgIpc) is 2.77. The summed E-state index contributed by atoms with van der Waals surface area (Å²) in [6.07, 6.45) is 0. The van der Waals surface area contributed by atoms with Gasteiger partial charge in [-0.1, -0.05) is 23.7 Å². The number of ether oxygens (including phenoxy) is 2. The van der Waals surface area contributed by atoms with E-state index in [1.807, 2.05) is 13.0 Å². The monoisotopic (exact) mass is 472 g/mol. The zero-order chi connectivity index (χ0) is 22.7. The number of fused-ring (bicyclic) bond motifs is 1. The fraction of sp³-hybridized carbons (Fsp3) is 0.174. The minimum atomic E-state index is -4.02. The van der Waals surface area contributed by atoms with Crippen LogP contribution in [0.2, 0.25) is 5.02 Å². The summed E-state index contributed by atoms with van der Waals surface area (Å²) in [6, 6.07) is 17.8. The number of benzene rings is 3. The third-order valence-corrected chi connectivity index (χ3v) is 6.84. The van der Waals surface area contributed by atoms with Crippen LogP contribution in [-0.2, 0) is 14.8 Å². The molecule has 0 unspecified atom stereocenters. The molecule has 1 N–H and O–H groups in total. The first kappa shape index (κ1) is 22.0. The van der Waals surface area contributed by atoms with E-state index in [0.717, 1.165) is 9.87 Å². The molecule has 1 aliphatic rings. The van der Waals surface area contributed by atoms with Gasteiger partial charge in [-0.25, -0.2) is 8.42 Å². The molecule has 4 rings (SSSR count). The largest absolute Gasteiger partial charge is 0.486 e. The number of hydrogen-bond acceptors (Lipinski definition) is 5. The second kappa shape index (κ2) is 9.10. The van der Waals surface area contributed by atoms with Gasteiger partial charge in [-0.05, 0) is 61.0 Å². The number of rotatable bonds is 6. The highest BCUT2D eigenvalue weighted by Crippen LogP contribution is 2.33. The molecule has 0 fully saturated rings. The SMILES string of the molecule is Cc1cccc(N(CC(=O)Nc2ccc3c(c2)OCCO3)S(=O)(=O)c2ccc(Cl)cc2)c1. The summed E-state index contributed by atoms with van der Waals surface area (Å²) in [5.74, 6) is 0.625. The van der Waals surface area contributed by atoms with E-state index in [9.17, 15) is 13.2 Å². The molecule has 0 spiro atoms. The molecule has 0 bridgehead atoms. The third-order valence-electron chi connectivity index (χ3n) is 4.80. The van der Waals surface area contributed by atoms with Crippen molar-refractivity contribution in [3.63, 3.8) is 0 Å². The maximum atomic E-state index is 13.4. The van der Waals surface area contributed by atoms with Crippen molar-refractivity contribution in [3.05, 3.63) is 77.3 Å². The Labute approximate surface area is 191 Å². The molecule has 0 radical (unpaired) electrons. The maximum absolute atomic E-state index is 13.4. The van der Waals surface area contributed by atoms with Gasteiger partial charge in [0.2, 0.25) is 5.91 Å². The fourth-order valence-corrected chi connectivity index (χ4v) is 4.82. The molecule has 3 aromatic rings. The van der Waals surface area contributed by atoms with Crippen LogP contribution < -0.4 is 19.1 Å². The lowest BCUT2D eigenvalue weighted by molar-refractivity contribution is -0.114. The number of anilines is 2. The number of halogens is 1. The molecule has 1 heterocycles. The molecule has 0 aromatic heterocycles. The highest BCUT2D eigenvalue weighted by atomic mass is 35.5. The molecular formula is C23H21ClN2O5S. The Hall–Kier alpha value is -3.23. The van der Waals surface area contributed by atoms with Crippen molar-refractivity contribution < 1.29 is 22.7 Å². The van der Waals surface area contributed by atoms with Crippen LogP contribution in [0.4, 0.5) is 11.4 Å². The van der Waals surface area contributed by atoms with Crippen molar-refractivity contribution in [2.75, 3.05) is 29.4 Å². The summed E-state index contributed by atoms with van der Waals surface area (Å²) >= 11 is 5.91. The van der Waals surface area contributed by atoms with Crippen LogP contribution in [0.25, 0.3) is 0 Å². The Morgan fingerprint density at radius 3 is 2.44 bits per heavy atom. The highest BCUT2D eigenvalue weighted by Gasteiger charge is 2.27. The van der Waals surface area contributed by atoms with Gasteiger partial charge in [-0.15, -0.1) is 0 Å². The van der Waals surface area contributed by atoms with Crippen molar-refractivity contribution in [3.8, 4) is 11.5 Å². The Balaban J connectivity index is 1.62. The van der Waals surface area contributed by atoms with Crippen LogP contribution >= 0.6 is 11.6 Å². The number of aryl methyl sites for hydroxylation is 1. The van der Waals surface area contributed by atoms with E-state index in [0.29, 0.717) is 41.1 Å². The van der Waals surface area contributed by atoms with Crippen molar-refractivity contribution in [1.82, 2.24) is 0 Å². The quantitative estimate of drug-likeness (QED) is 0.579. The molecular weight excluding hydrogens is 452 g/mol. The molecule has 166 valence electrons. The zero-order valence-electron chi connectivity index (χ0n) is 17.2. The summed E-state index contributed by atoms with van der Waals surface area (Å²) in [5, 5.41) is 3.16. The second-order valence-corrected chi connectivity index (χ2v) is 9.51. The molecule has 3 aromatic carbocycles. The topological polar surface area (TPSA) is 84.9 Å². The van der Waals surface area contributed by atoms with Crippen molar-refractivity contribution >= 4 is 38.9 Å². The first-order chi connectivity index (χ1) is 15.3. The lowest BCUT2D eigenvalue weighted by Crippen LogP contribution is -2.38. The first-order valence-corrected chi connectivity index (χ1v) is 11.7. The molecule has 1 amide bonds. The van der Waals surface area contributed by atoms with E-state index < -0.39 is 22.5 Å². The molecule has 1 aliphatic heterocycles. The van der Waals surface area contributed by atoms with Gasteiger partial charge in [-0.2, -0.15) is 0 Å². The summed E-state index contributed by atoms with van der Waals surface area (Å²) in [4.78, 5) is 12.9. The van der Waals surface area contributed by atoms with E-state index >= 15 is 0 Å². The van der Waals surface area contributed by atoms with Gasteiger partial charge in [0.1, 0.15) is 19.8 Å². The minimum Gasteiger partial charge on any atom is -0.486 e. The Bertz CT molecular complexity index is 1250. The van der Waals surface area contributed by atoms with Crippen LogP contribution in [0.3, 0.4) is 0 Å². The van der Waals surface area contributed by atoms with Gasteiger partial charge in [0.15, 0.2) is 11.5 Å². The van der Waals surface area contributed by atoms with Gasteiger partial charge >= 0.3 is 0 Å². The molecule has 0 saturated carbocycles. The number of amides is 1. The van der Waals surface area contributed by atoms with Crippen LogP contribution in [0.15, 0.2) is 71.6 Å². The molecule has 9 heteroatoms. The number of carbonyl (C=O) groups is 1. The van der Waals surface area contributed by atoms with E-state index in [4.69, 9.17) is 21.1 Å². The van der Waals surface area contributed by atoms with Crippen LogP contribution in [0.5, 0.6) is 11.5 Å². The predicted molar refractivity (Wildman–Crippen MR) is 123 cm³/mol. The standard InChI is InChI=1S/C23H21ClN2O5S/c1-16-3-2-4-19(13-16)26(32(28,29)20-8-5-17(24)6-9-20)15-23(27)25-18-7-10-21-22(14-18)31-12-11-30-21/h2-10,13-14H,11-12,15H2,1H3,(H,25,27). The van der Waals surface area contributed by atoms with Gasteiger partial charge < -0.3 is 14.8 Å². The summed E-state index contributed by atoms with van der Waals surface area (Å²) < 4.78 is 38.9. The van der Waals surface area contributed by atoms with Gasteiger partial charge in [0.05, 0.1) is 10.6 Å². The number of nitrogens with zero attached hydrogens (tertiary/aromatic N) is 1. The highest BCUT2D eigenvalue weighted by molar-refractivity contribution is 7.92. The van der Waals surface area contributed by atoms with E-state index in [1.54, 1.807) is 36.4 Å². The number of carbonyl (C=O) groups excluding carboxylic acids is 1. The molecule has 0 saturated heterocycles. The first-order valence-electron chi connectivity index (χ1n) is 9.87. The van der Waals surface area contributed by atoms with Crippen molar-refractivity contribution in [1.29, 1.82) is 0 Å². The Morgan fingerprint density at radius 1 is 1.00 bits per heavy atom. The van der Waals surface area contributed by atoms with Crippen LogP contribution in [-0.4, -0.2) is 34.1 Å². The molecule has 7 nitrogen and oxygen atoms in total. The van der Waals surface area contributed by atoms with E-state index in [2.05, 4.69) is 5.32 Å². The molecule has 0 atom stereocenters. The Kier molecular flexibility index (Phi) is 6.25. The van der Waals surface area contributed by atoms with Crippen molar-refractivity contribution in [2.45, 2.75) is 11.8 Å². The second-order valence-electron chi connectivity index (χ2n) is 7.21. The molecule has 0 aliphatic carbocycles. The lowest BCUT2D eigenvalue weighted by atomic mass is 10.2. The fourth-order valence-electron chi connectivity index (χ4n) is 3.28. The normalized spacial score (nSPS) is 12.8. The zero-order valence-corrected chi connectivity index (χ0v) is 18.8. The summed E-state index contributed by atoms with van der Waals surface area (Å²) in [6.45, 7) is 2.33. The third kappa shape index (κ3) is 4.81. The lowest BCUT2D eigenvalue weighted by Gasteiger charge is -2.25. The average molecular weight is 473 g/mol. The van der Waals surface area contributed by atoms with Gasteiger partial charge in [0, 0.05) is 16.8 Å². The van der Waals surface area contributed by atoms with E-state index in [1.165, 1.54) is 24.3 Å². The minimum absolute atomic E-state index is 0.0375. The van der Waals surface area contributed by atoms with Gasteiger partial charge in [0.25, 0.3) is 10.0 Å². The number of hydrogen-bond donors (Lipinski definition) is 1. The number of sulfonamides is 1. The number of nitrogens with one attached hydrogen (secondary N) is 1. The van der Waals surface area contributed by atoms with Gasteiger partial charge in [-0.3, -0.25) is 9.10 Å². The Morgan fingerprint density at radius 2 is 1.72 bits per heavy atom. The summed E-state index contributed by atoms with van der Waals surface area (Å²) in [5.41, 5.74) is 1.73. The summed E-state index contributed by atoms with van der Waals surface area (Å²) in [7, 11) is -4.02. The van der Waals surface area contributed by atoms with Crippen molar-refractivity contribution in [2.24, 2.45) is 0 Å².